The fraction of sp³-hybridized carbons (Fsp3) is 0.182. The number of hydrogen-bond acceptors (Lipinski definition) is 4. The Bertz CT molecular complexity index is 508. The van der Waals surface area contributed by atoms with Crippen molar-refractivity contribution in [3.63, 3.8) is 0 Å². The van der Waals surface area contributed by atoms with Crippen LogP contribution >= 0.6 is 11.6 Å². The predicted molar refractivity (Wildman–Crippen MR) is 65.7 cm³/mol. The van der Waals surface area contributed by atoms with E-state index in [1.54, 1.807) is 6.07 Å². The van der Waals surface area contributed by atoms with Crippen molar-refractivity contribution in [2.24, 2.45) is 0 Å². The lowest BCUT2D eigenvalue weighted by Crippen LogP contribution is -2.08. The fourth-order valence-electron chi connectivity index (χ4n) is 1.45. The molecule has 84 valence electrons. The van der Waals surface area contributed by atoms with Crippen molar-refractivity contribution in [3.05, 3.63) is 29.3 Å². The summed E-state index contributed by atoms with van der Waals surface area (Å²) in [5.74, 6) is 0.979. The van der Waals surface area contributed by atoms with Gasteiger partial charge in [0.2, 0.25) is 0 Å². The van der Waals surface area contributed by atoms with Gasteiger partial charge in [0.15, 0.2) is 11.6 Å². The minimum absolute atomic E-state index is 0.364. The summed E-state index contributed by atoms with van der Waals surface area (Å²) in [7, 11) is 3.88. The first-order valence-electron chi connectivity index (χ1n) is 4.77. The molecule has 0 bridgehead atoms. The Labute approximate surface area is 98.6 Å². The molecule has 4 nitrogen and oxygen atoms in total. The number of anilines is 2. The molecule has 0 aliphatic carbocycles. The van der Waals surface area contributed by atoms with Gasteiger partial charge in [-0.15, -0.1) is 0 Å². The molecule has 1 aromatic heterocycles. The molecule has 0 spiro atoms. The molecule has 0 saturated heterocycles. The smallest absolute Gasteiger partial charge is 0.169 e. The van der Waals surface area contributed by atoms with E-state index in [-0.39, 0.29) is 0 Å². The highest BCUT2D eigenvalue weighted by atomic mass is 35.5. The summed E-state index contributed by atoms with van der Waals surface area (Å²) in [5.41, 5.74) is 7.30. The van der Waals surface area contributed by atoms with Crippen molar-refractivity contribution >= 4 is 23.1 Å². The molecular weight excluding hydrogens is 226 g/mol. The van der Waals surface area contributed by atoms with Crippen LogP contribution in [0.4, 0.5) is 11.5 Å². The van der Waals surface area contributed by atoms with Crippen LogP contribution in [0.5, 0.6) is 0 Å². The molecule has 1 aromatic carbocycles. The first-order valence-corrected chi connectivity index (χ1v) is 5.15. The molecule has 5 heteroatoms. The molecule has 0 aliphatic heterocycles. The summed E-state index contributed by atoms with van der Waals surface area (Å²) >= 11 is 6.15. The van der Waals surface area contributed by atoms with Gasteiger partial charge in [-0.3, -0.25) is 0 Å². The van der Waals surface area contributed by atoms with Crippen LogP contribution in [0, 0.1) is 0 Å². The lowest BCUT2D eigenvalue weighted by atomic mass is 10.1. The van der Waals surface area contributed by atoms with Crippen LogP contribution in [0.2, 0.25) is 5.02 Å². The van der Waals surface area contributed by atoms with E-state index >= 15 is 0 Å². The van der Waals surface area contributed by atoms with Crippen LogP contribution in [0.1, 0.15) is 0 Å². The second kappa shape index (κ2) is 4.06. The number of nitrogen functional groups attached to an aromatic ring is 1. The fourth-order valence-corrected chi connectivity index (χ4v) is 1.80. The maximum Gasteiger partial charge on any atom is 0.169 e. The van der Waals surface area contributed by atoms with Crippen LogP contribution in [0.25, 0.3) is 11.3 Å². The molecule has 2 N–H and O–H groups in total. The summed E-state index contributed by atoms with van der Waals surface area (Å²) in [6.07, 6.45) is 0. The number of nitrogens with two attached hydrogens (primary N) is 1. The van der Waals surface area contributed by atoms with E-state index < -0.39 is 0 Å². The normalized spacial score (nSPS) is 10.4. The third-order valence-electron chi connectivity index (χ3n) is 2.24. The lowest BCUT2D eigenvalue weighted by molar-refractivity contribution is 0.436. The monoisotopic (exact) mass is 237 g/mol. The van der Waals surface area contributed by atoms with E-state index in [4.69, 9.17) is 21.9 Å². The molecule has 0 unspecified atom stereocenters. The van der Waals surface area contributed by atoms with Crippen LogP contribution in [0.3, 0.4) is 0 Å². The summed E-state index contributed by atoms with van der Waals surface area (Å²) in [6, 6.07) is 7.34. The van der Waals surface area contributed by atoms with Crippen LogP contribution in [-0.4, -0.2) is 19.3 Å². The number of benzene rings is 1. The predicted octanol–water partition coefficient (Wildman–Crippen LogP) is 2.64. The highest BCUT2D eigenvalue weighted by Gasteiger charge is 2.08. The SMILES string of the molecule is CN(C)c1ccc(-c2cc(N)no2)cc1Cl. The van der Waals surface area contributed by atoms with Gasteiger partial charge in [0, 0.05) is 25.7 Å². The summed E-state index contributed by atoms with van der Waals surface area (Å²) in [6.45, 7) is 0. The van der Waals surface area contributed by atoms with E-state index in [1.807, 2.05) is 37.2 Å². The molecule has 16 heavy (non-hydrogen) atoms. The van der Waals surface area contributed by atoms with Gasteiger partial charge in [0.05, 0.1) is 10.7 Å². The molecule has 2 rings (SSSR count). The average molecular weight is 238 g/mol. The summed E-state index contributed by atoms with van der Waals surface area (Å²) in [4.78, 5) is 1.95. The molecule has 0 fully saturated rings. The Morgan fingerprint density at radius 1 is 1.31 bits per heavy atom. The van der Waals surface area contributed by atoms with Gasteiger partial charge in [0.1, 0.15) is 0 Å². The Balaban J connectivity index is 2.42. The van der Waals surface area contributed by atoms with E-state index in [0.29, 0.717) is 16.6 Å². The van der Waals surface area contributed by atoms with Crippen molar-refractivity contribution in [2.45, 2.75) is 0 Å². The van der Waals surface area contributed by atoms with Gasteiger partial charge in [0.25, 0.3) is 0 Å². The van der Waals surface area contributed by atoms with Gasteiger partial charge in [-0.1, -0.05) is 16.8 Å². The van der Waals surface area contributed by atoms with Gasteiger partial charge in [-0.25, -0.2) is 0 Å². The first kappa shape index (κ1) is 10.8. The third-order valence-corrected chi connectivity index (χ3v) is 2.55. The van der Waals surface area contributed by atoms with E-state index in [2.05, 4.69) is 5.16 Å². The van der Waals surface area contributed by atoms with E-state index in [0.717, 1.165) is 11.3 Å². The lowest BCUT2D eigenvalue weighted by Gasteiger charge is -2.14. The van der Waals surface area contributed by atoms with Crippen molar-refractivity contribution in [3.8, 4) is 11.3 Å². The molecule has 0 aliphatic rings. The first-order chi connectivity index (χ1) is 7.58. The second-order valence-electron chi connectivity index (χ2n) is 3.68. The Morgan fingerprint density at radius 3 is 2.56 bits per heavy atom. The van der Waals surface area contributed by atoms with Crippen LogP contribution < -0.4 is 10.6 Å². The average Bonchev–Trinajstić information content (AvgIpc) is 2.64. The van der Waals surface area contributed by atoms with Gasteiger partial charge in [-0.05, 0) is 18.2 Å². The van der Waals surface area contributed by atoms with Gasteiger partial charge < -0.3 is 15.2 Å². The molecule has 0 saturated carbocycles. The topological polar surface area (TPSA) is 55.3 Å². The summed E-state index contributed by atoms with van der Waals surface area (Å²) in [5, 5.41) is 4.29. The van der Waals surface area contributed by atoms with Crippen molar-refractivity contribution < 1.29 is 4.52 Å². The molecular formula is C11H12ClN3O. The molecule has 0 atom stereocenters. The minimum atomic E-state index is 0.364. The molecule has 1 heterocycles. The minimum Gasteiger partial charge on any atom is -0.381 e. The number of nitrogens with zero attached hydrogens (tertiary/aromatic N) is 2. The third kappa shape index (κ3) is 1.97. The Morgan fingerprint density at radius 2 is 2.06 bits per heavy atom. The standard InChI is InChI=1S/C11H12ClN3O/c1-15(2)9-4-3-7(5-8(9)12)10-6-11(13)14-16-10/h3-6H,1-2H3,(H2,13,14). The van der Waals surface area contributed by atoms with Crippen LogP contribution in [-0.2, 0) is 0 Å². The zero-order chi connectivity index (χ0) is 11.7. The number of rotatable bonds is 2. The van der Waals surface area contributed by atoms with E-state index in [1.165, 1.54) is 0 Å². The molecule has 2 aromatic rings. The summed E-state index contributed by atoms with van der Waals surface area (Å²) < 4.78 is 5.06. The van der Waals surface area contributed by atoms with Crippen LogP contribution in [0.15, 0.2) is 28.8 Å². The quantitative estimate of drug-likeness (QED) is 0.873. The number of hydrogen-bond donors (Lipinski definition) is 1. The maximum atomic E-state index is 6.15. The van der Waals surface area contributed by atoms with Crippen molar-refractivity contribution in [1.29, 1.82) is 0 Å². The number of aromatic nitrogens is 1. The maximum absolute atomic E-state index is 6.15. The highest BCUT2D eigenvalue weighted by molar-refractivity contribution is 6.33. The Kier molecular flexibility index (Phi) is 2.75. The molecule has 0 amide bonds. The van der Waals surface area contributed by atoms with E-state index in [9.17, 15) is 0 Å². The van der Waals surface area contributed by atoms with Crippen molar-refractivity contribution in [2.75, 3.05) is 24.7 Å². The number of halogens is 1. The largest absolute Gasteiger partial charge is 0.381 e. The zero-order valence-corrected chi connectivity index (χ0v) is 9.82. The van der Waals surface area contributed by atoms with Crippen molar-refractivity contribution in [1.82, 2.24) is 5.16 Å². The Hall–Kier alpha value is -1.68. The van der Waals surface area contributed by atoms with Gasteiger partial charge in [-0.2, -0.15) is 0 Å². The molecule has 0 radical (unpaired) electrons. The van der Waals surface area contributed by atoms with Gasteiger partial charge >= 0.3 is 0 Å². The highest BCUT2D eigenvalue weighted by Crippen LogP contribution is 2.30. The zero-order valence-electron chi connectivity index (χ0n) is 9.07. The second-order valence-corrected chi connectivity index (χ2v) is 4.08.